The van der Waals surface area contributed by atoms with Crippen molar-refractivity contribution in [1.29, 1.82) is 0 Å². The molecule has 2 atom stereocenters. The summed E-state index contributed by atoms with van der Waals surface area (Å²) in [5.41, 5.74) is 1.06. The summed E-state index contributed by atoms with van der Waals surface area (Å²) < 4.78 is 17.3. The van der Waals surface area contributed by atoms with Gasteiger partial charge in [0, 0.05) is 36.2 Å². The average Bonchev–Trinajstić information content (AvgIpc) is 2.43. The number of rotatable bonds is 5. The number of benzene rings is 1. The van der Waals surface area contributed by atoms with E-state index in [9.17, 15) is 9.32 Å². The molecule has 2 unspecified atom stereocenters. The lowest BCUT2D eigenvalue weighted by molar-refractivity contribution is 0.0662. The molecule has 0 amide bonds. The predicted octanol–water partition coefficient (Wildman–Crippen LogP) is 2.23. The largest absolute Gasteiger partial charge is 0.489 e. The predicted molar refractivity (Wildman–Crippen MR) is 91.2 cm³/mol. The maximum atomic E-state index is 11.9. The normalized spacial score (nSPS) is 23.2. The molecule has 1 N–H and O–H groups in total. The minimum atomic E-state index is -0.797. The molecular formula is C16H24ClNO3S. The highest BCUT2D eigenvalue weighted by atomic mass is 35.5. The van der Waals surface area contributed by atoms with E-state index in [1.54, 1.807) is 6.07 Å². The van der Waals surface area contributed by atoms with Crippen molar-refractivity contribution in [2.75, 3.05) is 32.0 Å². The molecule has 6 heteroatoms. The van der Waals surface area contributed by atoms with Gasteiger partial charge < -0.3 is 9.84 Å². The SMILES string of the molecule is Cc1ccc(Cl)c(OCC(O)CN2CCS(=O)C(C)(C)C2)c1. The van der Waals surface area contributed by atoms with Gasteiger partial charge in [-0.2, -0.15) is 0 Å². The van der Waals surface area contributed by atoms with Crippen LogP contribution in [-0.4, -0.2) is 57.1 Å². The van der Waals surface area contributed by atoms with Crippen LogP contribution in [0.2, 0.25) is 5.02 Å². The Morgan fingerprint density at radius 2 is 2.23 bits per heavy atom. The van der Waals surface area contributed by atoms with Crippen molar-refractivity contribution in [2.45, 2.75) is 31.6 Å². The first-order valence-electron chi connectivity index (χ1n) is 7.46. The van der Waals surface area contributed by atoms with Crippen LogP contribution in [-0.2, 0) is 10.8 Å². The zero-order chi connectivity index (χ0) is 16.3. The zero-order valence-corrected chi connectivity index (χ0v) is 14.9. The van der Waals surface area contributed by atoms with Crippen molar-refractivity contribution in [3.63, 3.8) is 0 Å². The van der Waals surface area contributed by atoms with Crippen LogP contribution in [0.25, 0.3) is 0 Å². The number of nitrogens with zero attached hydrogens (tertiary/aromatic N) is 1. The Hall–Kier alpha value is -0.620. The Morgan fingerprint density at radius 1 is 1.50 bits per heavy atom. The van der Waals surface area contributed by atoms with Crippen LogP contribution in [0.15, 0.2) is 18.2 Å². The fourth-order valence-electron chi connectivity index (χ4n) is 2.59. The molecule has 1 fully saturated rings. The van der Waals surface area contributed by atoms with Crippen LogP contribution < -0.4 is 4.74 Å². The molecule has 1 aromatic rings. The van der Waals surface area contributed by atoms with Crippen molar-refractivity contribution >= 4 is 22.4 Å². The van der Waals surface area contributed by atoms with Crippen molar-refractivity contribution < 1.29 is 14.1 Å². The topological polar surface area (TPSA) is 49.8 Å². The number of aliphatic hydroxyl groups excluding tert-OH is 1. The summed E-state index contributed by atoms with van der Waals surface area (Å²) in [5.74, 6) is 1.25. The number of aliphatic hydroxyl groups is 1. The second-order valence-corrected chi connectivity index (χ2v) is 9.05. The Balaban J connectivity index is 1.84. The lowest BCUT2D eigenvalue weighted by Gasteiger charge is -2.38. The summed E-state index contributed by atoms with van der Waals surface area (Å²) in [6, 6.07) is 5.57. The first kappa shape index (κ1) is 17.7. The van der Waals surface area contributed by atoms with E-state index in [4.69, 9.17) is 16.3 Å². The quantitative estimate of drug-likeness (QED) is 0.889. The van der Waals surface area contributed by atoms with E-state index < -0.39 is 16.9 Å². The third-order valence-corrected chi connectivity index (χ3v) is 6.03. The second kappa shape index (κ2) is 7.30. The van der Waals surface area contributed by atoms with Crippen LogP contribution in [0.3, 0.4) is 0 Å². The van der Waals surface area contributed by atoms with Crippen LogP contribution in [0, 0.1) is 6.92 Å². The van der Waals surface area contributed by atoms with Gasteiger partial charge in [0.05, 0.1) is 9.77 Å². The lowest BCUT2D eigenvalue weighted by atomic mass is 10.1. The molecule has 1 aliphatic rings. The molecule has 0 aliphatic carbocycles. The van der Waals surface area contributed by atoms with Gasteiger partial charge in [0.25, 0.3) is 0 Å². The van der Waals surface area contributed by atoms with E-state index in [-0.39, 0.29) is 11.4 Å². The first-order valence-corrected chi connectivity index (χ1v) is 9.15. The number of halogens is 1. The molecule has 0 radical (unpaired) electrons. The summed E-state index contributed by atoms with van der Waals surface area (Å²) in [7, 11) is -0.797. The molecule has 1 heterocycles. The molecule has 0 saturated carbocycles. The minimum Gasteiger partial charge on any atom is -0.489 e. The fourth-order valence-corrected chi connectivity index (χ4v) is 4.07. The second-order valence-electron chi connectivity index (χ2n) is 6.44. The summed E-state index contributed by atoms with van der Waals surface area (Å²) in [4.78, 5) is 2.15. The molecule has 1 aliphatic heterocycles. The maximum Gasteiger partial charge on any atom is 0.138 e. The Bertz CT molecular complexity index is 550. The molecule has 1 saturated heterocycles. The van der Waals surface area contributed by atoms with Gasteiger partial charge in [-0.1, -0.05) is 17.7 Å². The van der Waals surface area contributed by atoms with Crippen LogP contribution in [0.4, 0.5) is 0 Å². The van der Waals surface area contributed by atoms with E-state index >= 15 is 0 Å². The molecule has 2 rings (SSSR count). The van der Waals surface area contributed by atoms with E-state index in [1.165, 1.54) is 0 Å². The van der Waals surface area contributed by atoms with Gasteiger partial charge in [-0.25, -0.2) is 0 Å². The Kier molecular flexibility index (Phi) is 5.88. The molecule has 124 valence electrons. The number of β-amino-alcohol motifs (C(OH)–C–C–N with tert-alkyl or cyclic N) is 1. The van der Waals surface area contributed by atoms with Crippen LogP contribution in [0.1, 0.15) is 19.4 Å². The van der Waals surface area contributed by atoms with Gasteiger partial charge in [-0.05, 0) is 38.5 Å². The highest BCUT2D eigenvalue weighted by Crippen LogP contribution is 2.25. The van der Waals surface area contributed by atoms with Crippen molar-refractivity contribution in [3.8, 4) is 5.75 Å². The first-order chi connectivity index (χ1) is 10.3. The van der Waals surface area contributed by atoms with E-state index in [1.807, 2.05) is 32.9 Å². The zero-order valence-electron chi connectivity index (χ0n) is 13.3. The number of hydrogen-bond acceptors (Lipinski definition) is 4. The highest BCUT2D eigenvalue weighted by molar-refractivity contribution is 7.86. The summed E-state index contributed by atoms with van der Waals surface area (Å²) in [6.07, 6.45) is -0.598. The summed E-state index contributed by atoms with van der Waals surface area (Å²) in [5, 5.41) is 10.7. The lowest BCUT2D eigenvalue weighted by Crippen LogP contribution is -2.52. The Labute approximate surface area is 139 Å². The number of aryl methyl sites for hydroxylation is 1. The van der Waals surface area contributed by atoms with Crippen molar-refractivity contribution in [2.24, 2.45) is 0 Å². The average molecular weight is 346 g/mol. The Morgan fingerprint density at radius 3 is 2.91 bits per heavy atom. The minimum absolute atomic E-state index is 0.198. The summed E-state index contributed by atoms with van der Waals surface area (Å²) in [6.45, 7) is 8.17. The summed E-state index contributed by atoms with van der Waals surface area (Å²) >= 11 is 6.07. The molecular weight excluding hydrogens is 322 g/mol. The smallest absolute Gasteiger partial charge is 0.138 e. The van der Waals surface area contributed by atoms with Crippen molar-refractivity contribution in [3.05, 3.63) is 28.8 Å². The van der Waals surface area contributed by atoms with Crippen LogP contribution in [0.5, 0.6) is 5.75 Å². The highest BCUT2D eigenvalue weighted by Gasteiger charge is 2.33. The van der Waals surface area contributed by atoms with Gasteiger partial charge in [0.15, 0.2) is 0 Å². The van der Waals surface area contributed by atoms with Gasteiger partial charge in [0.2, 0.25) is 0 Å². The fraction of sp³-hybridized carbons (Fsp3) is 0.625. The molecule has 0 bridgehead atoms. The van der Waals surface area contributed by atoms with Gasteiger partial charge in [-0.3, -0.25) is 9.11 Å². The van der Waals surface area contributed by atoms with Crippen molar-refractivity contribution in [1.82, 2.24) is 4.90 Å². The van der Waals surface area contributed by atoms with E-state index in [0.717, 1.165) is 18.7 Å². The molecule has 4 nitrogen and oxygen atoms in total. The number of ether oxygens (including phenoxy) is 1. The standard InChI is InChI=1S/C16H24ClNO3S/c1-12-4-5-14(17)15(8-12)21-10-13(19)9-18-6-7-22(20)16(2,3)11-18/h4-5,8,13,19H,6-7,9-11H2,1-3H3. The maximum absolute atomic E-state index is 11.9. The molecule has 1 aromatic carbocycles. The molecule has 22 heavy (non-hydrogen) atoms. The van der Waals surface area contributed by atoms with Gasteiger partial charge in [-0.15, -0.1) is 0 Å². The molecule has 0 spiro atoms. The van der Waals surface area contributed by atoms with E-state index in [0.29, 0.717) is 23.1 Å². The van der Waals surface area contributed by atoms with Gasteiger partial charge >= 0.3 is 0 Å². The third kappa shape index (κ3) is 4.69. The van der Waals surface area contributed by atoms with Gasteiger partial charge in [0.1, 0.15) is 18.5 Å². The van der Waals surface area contributed by atoms with Crippen LogP contribution >= 0.6 is 11.6 Å². The van der Waals surface area contributed by atoms with E-state index in [2.05, 4.69) is 4.90 Å². The molecule has 0 aromatic heterocycles. The number of hydrogen-bond donors (Lipinski definition) is 1. The third-order valence-electron chi connectivity index (χ3n) is 3.80. The monoisotopic (exact) mass is 345 g/mol.